The lowest BCUT2D eigenvalue weighted by Gasteiger charge is -2.22. The van der Waals surface area contributed by atoms with Crippen LogP contribution in [0, 0.1) is 5.92 Å². The van der Waals surface area contributed by atoms with E-state index in [-0.39, 0.29) is 5.91 Å². The quantitative estimate of drug-likeness (QED) is 0.818. The standard InChI is InChI=1S/C16H25N3O2/c1-12(20)19(2)14-3-4-16(15(17)11-14)18-8-5-13-6-9-21-10-7-13/h3-4,11,13,18H,5-10,17H2,1-2H3. The highest BCUT2D eigenvalue weighted by molar-refractivity contribution is 5.92. The van der Waals surface area contributed by atoms with Crippen LogP contribution in [0.25, 0.3) is 0 Å². The van der Waals surface area contributed by atoms with E-state index in [4.69, 9.17) is 10.5 Å². The number of rotatable bonds is 5. The summed E-state index contributed by atoms with van der Waals surface area (Å²) in [4.78, 5) is 12.9. The molecule has 116 valence electrons. The maximum absolute atomic E-state index is 11.3. The zero-order chi connectivity index (χ0) is 15.2. The van der Waals surface area contributed by atoms with Crippen molar-refractivity contribution in [2.24, 2.45) is 5.92 Å². The number of nitrogens with zero attached hydrogens (tertiary/aromatic N) is 1. The third-order valence-electron chi connectivity index (χ3n) is 4.10. The fourth-order valence-corrected chi connectivity index (χ4v) is 2.55. The Labute approximate surface area is 126 Å². The van der Waals surface area contributed by atoms with Crippen LogP contribution in [0.1, 0.15) is 26.2 Å². The number of benzene rings is 1. The molecule has 0 aromatic heterocycles. The average molecular weight is 291 g/mol. The molecule has 3 N–H and O–H groups in total. The Kier molecular flexibility index (Phi) is 5.44. The Morgan fingerprint density at radius 3 is 2.76 bits per heavy atom. The molecule has 1 aliphatic rings. The van der Waals surface area contributed by atoms with Crippen LogP contribution in [0.4, 0.5) is 17.1 Å². The van der Waals surface area contributed by atoms with Gasteiger partial charge in [0.15, 0.2) is 0 Å². The first-order valence-electron chi connectivity index (χ1n) is 7.53. The molecular weight excluding hydrogens is 266 g/mol. The highest BCUT2D eigenvalue weighted by atomic mass is 16.5. The van der Waals surface area contributed by atoms with Crippen LogP contribution < -0.4 is 16.0 Å². The van der Waals surface area contributed by atoms with Crippen molar-refractivity contribution in [3.63, 3.8) is 0 Å². The van der Waals surface area contributed by atoms with Crippen LogP contribution >= 0.6 is 0 Å². The first-order chi connectivity index (χ1) is 10.1. The summed E-state index contributed by atoms with van der Waals surface area (Å²) >= 11 is 0. The molecule has 0 bridgehead atoms. The summed E-state index contributed by atoms with van der Waals surface area (Å²) in [7, 11) is 1.75. The van der Waals surface area contributed by atoms with Crippen molar-refractivity contribution in [1.82, 2.24) is 0 Å². The molecule has 1 saturated heterocycles. The fraction of sp³-hybridized carbons (Fsp3) is 0.562. The van der Waals surface area contributed by atoms with E-state index >= 15 is 0 Å². The number of carbonyl (C=O) groups is 1. The number of nitrogens with two attached hydrogens (primary N) is 1. The Hall–Kier alpha value is -1.75. The van der Waals surface area contributed by atoms with Gasteiger partial charge in [-0.15, -0.1) is 0 Å². The minimum Gasteiger partial charge on any atom is -0.397 e. The van der Waals surface area contributed by atoms with Gasteiger partial charge in [-0.25, -0.2) is 0 Å². The van der Waals surface area contributed by atoms with E-state index in [1.165, 1.54) is 6.92 Å². The topological polar surface area (TPSA) is 67.6 Å². The van der Waals surface area contributed by atoms with E-state index in [0.717, 1.165) is 56.3 Å². The van der Waals surface area contributed by atoms with Gasteiger partial charge >= 0.3 is 0 Å². The number of nitrogen functional groups attached to an aromatic ring is 1. The second-order valence-electron chi connectivity index (χ2n) is 5.62. The summed E-state index contributed by atoms with van der Waals surface area (Å²) in [5.41, 5.74) is 8.48. The maximum Gasteiger partial charge on any atom is 0.223 e. The summed E-state index contributed by atoms with van der Waals surface area (Å²) in [6.07, 6.45) is 3.44. The predicted octanol–water partition coefficient (Wildman–Crippen LogP) is 2.48. The Bertz CT molecular complexity index is 484. The lowest BCUT2D eigenvalue weighted by molar-refractivity contribution is -0.116. The molecule has 1 aromatic carbocycles. The molecular formula is C16H25N3O2. The molecule has 1 amide bonds. The van der Waals surface area contributed by atoms with Crippen molar-refractivity contribution in [2.75, 3.05) is 42.8 Å². The van der Waals surface area contributed by atoms with Gasteiger partial charge in [-0.1, -0.05) is 0 Å². The second kappa shape index (κ2) is 7.31. The van der Waals surface area contributed by atoms with Crippen molar-refractivity contribution in [2.45, 2.75) is 26.2 Å². The Morgan fingerprint density at radius 1 is 1.43 bits per heavy atom. The zero-order valence-electron chi connectivity index (χ0n) is 12.9. The van der Waals surface area contributed by atoms with Crippen molar-refractivity contribution < 1.29 is 9.53 Å². The summed E-state index contributed by atoms with van der Waals surface area (Å²) in [5, 5.41) is 3.39. The highest BCUT2D eigenvalue weighted by Gasteiger charge is 2.13. The Morgan fingerprint density at radius 2 is 2.14 bits per heavy atom. The molecule has 0 radical (unpaired) electrons. The molecule has 1 aliphatic heterocycles. The maximum atomic E-state index is 11.3. The van der Waals surface area contributed by atoms with Gasteiger partial charge in [0.1, 0.15) is 0 Å². The van der Waals surface area contributed by atoms with Gasteiger partial charge in [0, 0.05) is 39.4 Å². The smallest absolute Gasteiger partial charge is 0.223 e. The molecule has 5 nitrogen and oxygen atoms in total. The number of anilines is 3. The number of ether oxygens (including phenoxy) is 1. The molecule has 0 atom stereocenters. The third-order valence-corrected chi connectivity index (χ3v) is 4.10. The predicted molar refractivity (Wildman–Crippen MR) is 86.6 cm³/mol. The molecule has 1 fully saturated rings. The molecule has 21 heavy (non-hydrogen) atoms. The van der Waals surface area contributed by atoms with Gasteiger partial charge in [-0.05, 0) is 43.4 Å². The first-order valence-corrected chi connectivity index (χ1v) is 7.53. The summed E-state index contributed by atoms with van der Waals surface area (Å²) in [6.45, 7) is 4.23. The van der Waals surface area contributed by atoms with E-state index in [0.29, 0.717) is 5.69 Å². The van der Waals surface area contributed by atoms with Gasteiger partial charge in [0.25, 0.3) is 0 Å². The first kappa shape index (κ1) is 15.6. The summed E-state index contributed by atoms with van der Waals surface area (Å²) < 4.78 is 5.37. The molecule has 1 aromatic rings. The SMILES string of the molecule is CC(=O)N(C)c1ccc(NCCC2CCOCC2)c(N)c1. The number of carbonyl (C=O) groups excluding carboxylic acids is 1. The van der Waals surface area contributed by atoms with Crippen LogP contribution in [0.3, 0.4) is 0 Å². The van der Waals surface area contributed by atoms with E-state index in [9.17, 15) is 4.79 Å². The molecule has 0 spiro atoms. The highest BCUT2D eigenvalue weighted by Crippen LogP contribution is 2.25. The minimum absolute atomic E-state index is 0.00498. The molecule has 0 saturated carbocycles. The zero-order valence-corrected chi connectivity index (χ0v) is 12.9. The average Bonchev–Trinajstić information content (AvgIpc) is 2.49. The minimum atomic E-state index is -0.00498. The van der Waals surface area contributed by atoms with Gasteiger partial charge in [0.05, 0.1) is 11.4 Å². The number of amides is 1. The summed E-state index contributed by atoms with van der Waals surface area (Å²) in [6, 6.07) is 5.68. The largest absolute Gasteiger partial charge is 0.397 e. The van der Waals surface area contributed by atoms with Gasteiger partial charge in [0.2, 0.25) is 5.91 Å². The lowest BCUT2D eigenvalue weighted by Crippen LogP contribution is -2.23. The van der Waals surface area contributed by atoms with Crippen LogP contribution in [0.2, 0.25) is 0 Å². The van der Waals surface area contributed by atoms with Crippen LogP contribution in [-0.4, -0.2) is 32.7 Å². The third kappa shape index (κ3) is 4.36. The summed E-state index contributed by atoms with van der Waals surface area (Å²) in [5.74, 6) is 0.741. The van der Waals surface area contributed by atoms with Crippen molar-refractivity contribution in [3.05, 3.63) is 18.2 Å². The van der Waals surface area contributed by atoms with Crippen molar-refractivity contribution >= 4 is 23.0 Å². The normalized spacial score (nSPS) is 15.7. The van der Waals surface area contributed by atoms with Crippen molar-refractivity contribution in [3.8, 4) is 0 Å². The lowest BCUT2D eigenvalue weighted by atomic mass is 9.96. The molecule has 1 heterocycles. The van der Waals surface area contributed by atoms with Gasteiger partial charge in [-0.3, -0.25) is 4.79 Å². The van der Waals surface area contributed by atoms with Gasteiger partial charge in [-0.2, -0.15) is 0 Å². The monoisotopic (exact) mass is 291 g/mol. The molecule has 0 aliphatic carbocycles. The van der Waals surface area contributed by atoms with Crippen LogP contribution in [0.15, 0.2) is 18.2 Å². The van der Waals surface area contributed by atoms with E-state index in [1.807, 2.05) is 18.2 Å². The van der Waals surface area contributed by atoms with E-state index < -0.39 is 0 Å². The number of nitrogens with one attached hydrogen (secondary N) is 1. The molecule has 2 rings (SSSR count). The second-order valence-corrected chi connectivity index (χ2v) is 5.62. The van der Waals surface area contributed by atoms with E-state index in [2.05, 4.69) is 5.32 Å². The number of hydrogen-bond donors (Lipinski definition) is 2. The fourth-order valence-electron chi connectivity index (χ4n) is 2.55. The van der Waals surface area contributed by atoms with E-state index in [1.54, 1.807) is 11.9 Å². The Balaban J connectivity index is 1.87. The van der Waals surface area contributed by atoms with Crippen LogP contribution in [-0.2, 0) is 9.53 Å². The molecule has 0 unspecified atom stereocenters. The number of hydrogen-bond acceptors (Lipinski definition) is 4. The molecule has 5 heteroatoms. The van der Waals surface area contributed by atoms with Crippen LogP contribution in [0.5, 0.6) is 0 Å². The van der Waals surface area contributed by atoms with Crippen molar-refractivity contribution in [1.29, 1.82) is 0 Å². The van der Waals surface area contributed by atoms with Gasteiger partial charge < -0.3 is 20.7 Å².